The van der Waals surface area contributed by atoms with Gasteiger partial charge in [0.2, 0.25) is 0 Å². The molecule has 0 aromatic heterocycles. The number of hydrogen-bond acceptors (Lipinski definition) is 5. The minimum atomic E-state index is -1.20. The molecule has 0 bridgehead atoms. The van der Waals surface area contributed by atoms with E-state index in [1.807, 2.05) is 0 Å². The predicted octanol–water partition coefficient (Wildman–Crippen LogP) is -1.91. The Morgan fingerprint density at radius 1 is 1.38 bits per heavy atom. The van der Waals surface area contributed by atoms with Gasteiger partial charge in [-0.3, -0.25) is 14.5 Å². The van der Waals surface area contributed by atoms with Crippen LogP contribution >= 0.6 is 0 Å². The molecule has 2 rings (SSSR count). The molecule has 2 fully saturated rings. The maximum Gasteiger partial charge on any atom is 0.326 e. The van der Waals surface area contributed by atoms with Crippen LogP contribution in [-0.4, -0.2) is 72.7 Å². The van der Waals surface area contributed by atoms with E-state index in [-0.39, 0.29) is 25.6 Å². The Morgan fingerprint density at radius 2 is 2.05 bits per heavy atom. The zero-order valence-corrected chi connectivity index (χ0v) is 12.6. The number of nitrogens with one attached hydrogen (secondary N) is 1. The summed E-state index contributed by atoms with van der Waals surface area (Å²) in [5.74, 6) is -0.849. The number of carbonyl (C=O) groups excluding carboxylic acids is 3. The van der Waals surface area contributed by atoms with Crippen LogP contribution in [0.15, 0.2) is 0 Å². The fraction of sp³-hybridized carbons (Fsp3) is 0.769. The number of carbonyl (C=O) groups is 3. The van der Waals surface area contributed by atoms with Gasteiger partial charge in [0, 0.05) is 13.1 Å². The summed E-state index contributed by atoms with van der Waals surface area (Å²) in [6, 6.07) is -0.443. The largest absolute Gasteiger partial charge is 0.466 e. The SMILES string of the molecule is CCOC(=O)CC1(C)NC(=O)N(CN2CC[NH2+]CC2)C1=O. The third-order valence-electron chi connectivity index (χ3n) is 3.79. The molecule has 0 spiro atoms. The van der Waals surface area contributed by atoms with Crippen molar-refractivity contribution in [3.05, 3.63) is 0 Å². The lowest BCUT2D eigenvalue weighted by molar-refractivity contribution is -0.663. The van der Waals surface area contributed by atoms with Gasteiger partial charge in [-0.1, -0.05) is 0 Å². The maximum atomic E-state index is 12.5. The third kappa shape index (κ3) is 3.51. The monoisotopic (exact) mass is 299 g/mol. The van der Waals surface area contributed by atoms with Crippen molar-refractivity contribution < 1.29 is 24.4 Å². The van der Waals surface area contributed by atoms with Gasteiger partial charge in [-0.05, 0) is 13.8 Å². The molecule has 0 aromatic carbocycles. The van der Waals surface area contributed by atoms with E-state index in [4.69, 9.17) is 4.74 Å². The van der Waals surface area contributed by atoms with Crippen LogP contribution in [0.4, 0.5) is 4.79 Å². The normalized spacial score (nSPS) is 26.9. The van der Waals surface area contributed by atoms with Gasteiger partial charge in [-0.2, -0.15) is 0 Å². The van der Waals surface area contributed by atoms with Crippen molar-refractivity contribution in [2.45, 2.75) is 25.8 Å². The number of amides is 3. The van der Waals surface area contributed by atoms with Crippen LogP contribution in [0.3, 0.4) is 0 Å². The van der Waals surface area contributed by atoms with E-state index in [9.17, 15) is 14.4 Å². The second-order valence-electron chi connectivity index (χ2n) is 5.60. The summed E-state index contributed by atoms with van der Waals surface area (Å²) in [6.45, 7) is 7.40. The van der Waals surface area contributed by atoms with Gasteiger partial charge < -0.3 is 15.4 Å². The minimum absolute atomic E-state index is 0.143. The number of nitrogens with zero attached hydrogens (tertiary/aromatic N) is 2. The first kappa shape index (κ1) is 15.7. The lowest BCUT2D eigenvalue weighted by Gasteiger charge is -2.28. The Bertz CT molecular complexity index is 436. The van der Waals surface area contributed by atoms with Crippen molar-refractivity contribution in [3.8, 4) is 0 Å². The highest BCUT2D eigenvalue weighted by Gasteiger charge is 2.49. The fourth-order valence-electron chi connectivity index (χ4n) is 2.64. The van der Waals surface area contributed by atoms with Gasteiger partial charge in [0.25, 0.3) is 5.91 Å². The number of imide groups is 1. The molecule has 1 unspecified atom stereocenters. The lowest BCUT2D eigenvalue weighted by atomic mass is 9.98. The van der Waals surface area contributed by atoms with Crippen LogP contribution in [0.5, 0.6) is 0 Å². The van der Waals surface area contributed by atoms with E-state index < -0.39 is 17.5 Å². The van der Waals surface area contributed by atoms with E-state index in [1.54, 1.807) is 13.8 Å². The smallest absolute Gasteiger partial charge is 0.326 e. The molecule has 21 heavy (non-hydrogen) atoms. The molecule has 3 amide bonds. The number of rotatable bonds is 5. The number of nitrogens with two attached hydrogens (primary N) is 1. The van der Waals surface area contributed by atoms with Crippen LogP contribution in [0.2, 0.25) is 0 Å². The van der Waals surface area contributed by atoms with Crippen LogP contribution < -0.4 is 10.6 Å². The number of quaternary nitrogens is 1. The van der Waals surface area contributed by atoms with E-state index in [0.717, 1.165) is 26.2 Å². The Balaban J connectivity index is 1.99. The molecule has 2 aliphatic heterocycles. The Kier molecular flexibility index (Phi) is 4.79. The average Bonchev–Trinajstić information content (AvgIpc) is 2.63. The Labute approximate surface area is 123 Å². The van der Waals surface area contributed by atoms with E-state index in [1.165, 1.54) is 4.90 Å². The van der Waals surface area contributed by atoms with E-state index in [0.29, 0.717) is 0 Å². The summed E-state index contributed by atoms with van der Waals surface area (Å²) >= 11 is 0. The Morgan fingerprint density at radius 3 is 2.67 bits per heavy atom. The molecule has 0 aromatic rings. The first-order valence-corrected chi connectivity index (χ1v) is 7.30. The van der Waals surface area contributed by atoms with Crippen molar-refractivity contribution in [3.63, 3.8) is 0 Å². The molecule has 118 valence electrons. The van der Waals surface area contributed by atoms with Crippen molar-refractivity contribution in [1.82, 2.24) is 15.1 Å². The van der Waals surface area contributed by atoms with Gasteiger partial charge >= 0.3 is 12.0 Å². The van der Waals surface area contributed by atoms with Crippen molar-refractivity contribution in [2.24, 2.45) is 0 Å². The number of ether oxygens (including phenoxy) is 1. The van der Waals surface area contributed by atoms with Crippen molar-refractivity contribution in [2.75, 3.05) is 39.5 Å². The molecule has 8 heteroatoms. The van der Waals surface area contributed by atoms with E-state index >= 15 is 0 Å². The highest BCUT2D eigenvalue weighted by Crippen LogP contribution is 2.22. The van der Waals surface area contributed by atoms with Crippen LogP contribution in [0.1, 0.15) is 20.3 Å². The molecule has 0 radical (unpaired) electrons. The number of esters is 1. The van der Waals surface area contributed by atoms with E-state index in [2.05, 4.69) is 15.5 Å². The first-order chi connectivity index (χ1) is 9.96. The number of hydrogen-bond donors (Lipinski definition) is 2. The fourth-order valence-corrected chi connectivity index (χ4v) is 2.64. The number of piperazine rings is 1. The average molecular weight is 299 g/mol. The quantitative estimate of drug-likeness (QED) is 0.456. The second-order valence-corrected chi connectivity index (χ2v) is 5.60. The summed E-state index contributed by atoms with van der Waals surface area (Å²) in [5.41, 5.74) is -1.20. The third-order valence-corrected chi connectivity index (χ3v) is 3.79. The molecule has 0 saturated carbocycles. The second kappa shape index (κ2) is 6.40. The molecule has 3 N–H and O–H groups in total. The minimum Gasteiger partial charge on any atom is -0.466 e. The standard InChI is InChI=1S/C13H22N4O4/c1-3-21-10(18)8-13(2)11(19)17(12(20)15-13)9-16-6-4-14-5-7-16/h14H,3-9H2,1-2H3,(H,15,20)/p+1. The summed E-state index contributed by atoms with van der Waals surface area (Å²) in [5, 5.41) is 4.81. The molecule has 0 aliphatic carbocycles. The van der Waals surface area contributed by atoms with Crippen LogP contribution in [0, 0.1) is 0 Å². The summed E-state index contributed by atoms with van der Waals surface area (Å²) in [7, 11) is 0. The van der Waals surface area contributed by atoms with Gasteiger partial charge in [-0.25, -0.2) is 9.69 Å². The van der Waals surface area contributed by atoms with Crippen molar-refractivity contribution >= 4 is 17.9 Å². The van der Waals surface area contributed by atoms with Gasteiger partial charge in [-0.15, -0.1) is 0 Å². The molecule has 2 heterocycles. The van der Waals surface area contributed by atoms with Gasteiger partial charge in [0.05, 0.1) is 32.8 Å². The predicted molar refractivity (Wildman–Crippen MR) is 73.1 cm³/mol. The van der Waals surface area contributed by atoms with Gasteiger partial charge in [0.15, 0.2) is 0 Å². The summed E-state index contributed by atoms with van der Waals surface area (Å²) < 4.78 is 4.86. The highest BCUT2D eigenvalue weighted by atomic mass is 16.5. The van der Waals surface area contributed by atoms with Crippen LogP contribution in [-0.2, 0) is 14.3 Å². The zero-order chi connectivity index (χ0) is 15.5. The lowest BCUT2D eigenvalue weighted by Crippen LogP contribution is -2.89. The summed E-state index contributed by atoms with van der Waals surface area (Å²) in [4.78, 5) is 39.3. The first-order valence-electron chi connectivity index (χ1n) is 7.30. The summed E-state index contributed by atoms with van der Waals surface area (Å²) in [6.07, 6.45) is -0.143. The highest BCUT2D eigenvalue weighted by molar-refractivity contribution is 6.08. The zero-order valence-electron chi connectivity index (χ0n) is 12.6. The van der Waals surface area contributed by atoms with Crippen LogP contribution in [0.25, 0.3) is 0 Å². The Hall–Kier alpha value is -1.67. The molecular formula is C13H23N4O4+. The topological polar surface area (TPSA) is 95.6 Å². The molecule has 1 atom stereocenters. The molecule has 2 aliphatic rings. The van der Waals surface area contributed by atoms with Gasteiger partial charge in [0.1, 0.15) is 5.54 Å². The number of urea groups is 1. The van der Waals surface area contributed by atoms with Crippen molar-refractivity contribution in [1.29, 1.82) is 0 Å². The maximum absolute atomic E-state index is 12.5. The molecular weight excluding hydrogens is 276 g/mol. The molecule has 2 saturated heterocycles. The molecule has 8 nitrogen and oxygen atoms in total.